The monoisotopic (exact) mass is 508 g/mol. The van der Waals surface area contributed by atoms with Crippen LogP contribution >= 0.6 is 15.0 Å². The molecule has 0 aliphatic rings. The van der Waals surface area contributed by atoms with Gasteiger partial charge in [-0.2, -0.15) is 0 Å². The average molecular weight is 509 g/mol. The lowest BCUT2D eigenvalue weighted by Crippen LogP contribution is -2.43. The molecule has 0 bridgehead atoms. The molecule has 0 aromatic carbocycles. The summed E-state index contributed by atoms with van der Waals surface area (Å²) in [4.78, 5) is 25.1. The molecule has 0 aliphatic heterocycles. The number of hydrogen-bond acceptors (Lipinski definition) is 7. The maximum absolute atomic E-state index is 13.9. The zero-order valence-corrected chi connectivity index (χ0v) is 23.1. The van der Waals surface area contributed by atoms with Gasteiger partial charge in [0, 0.05) is 26.4 Å². The third-order valence-corrected chi connectivity index (χ3v) is 10.1. The van der Waals surface area contributed by atoms with Gasteiger partial charge in [-0.05, 0) is 24.7 Å². The Kier molecular flexibility index (Phi) is 13.7. The van der Waals surface area contributed by atoms with Crippen molar-refractivity contribution in [3.05, 3.63) is 25.3 Å². The Hall–Kier alpha value is -1.24. The van der Waals surface area contributed by atoms with E-state index in [2.05, 4.69) is 13.2 Å². The van der Waals surface area contributed by atoms with E-state index in [9.17, 15) is 18.7 Å². The van der Waals surface area contributed by atoms with Crippen LogP contribution in [0.4, 0.5) is 0 Å². The Morgan fingerprint density at radius 2 is 1.09 bits per heavy atom. The number of esters is 2. The van der Waals surface area contributed by atoms with Crippen molar-refractivity contribution in [3.8, 4) is 0 Å². The van der Waals surface area contributed by atoms with Gasteiger partial charge in [0.05, 0.1) is 14.2 Å². The molecule has 0 fully saturated rings. The smallest absolute Gasteiger partial charge is 0.323 e. The van der Waals surface area contributed by atoms with Crippen LogP contribution in [0.25, 0.3) is 0 Å². The molecular formula is C22H42N2O7P2. The molecular weight excluding hydrogens is 466 g/mol. The van der Waals surface area contributed by atoms with E-state index >= 15 is 0 Å². The maximum atomic E-state index is 13.9. The molecule has 11 heteroatoms. The second kappa shape index (κ2) is 14.2. The molecule has 0 aliphatic carbocycles. The van der Waals surface area contributed by atoms with E-state index in [0.29, 0.717) is 12.8 Å². The summed E-state index contributed by atoms with van der Waals surface area (Å²) >= 11 is 0. The fourth-order valence-corrected chi connectivity index (χ4v) is 8.75. The van der Waals surface area contributed by atoms with Crippen LogP contribution in [-0.4, -0.2) is 74.0 Å². The molecule has 0 saturated heterocycles. The van der Waals surface area contributed by atoms with Gasteiger partial charge >= 0.3 is 11.9 Å². The summed E-state index contributed by atoms with van der Waals surface area (Å²) in [5.41, 5.74) is 0. The van der Waals surface area contributed by atoms with Crippen LogP contribution in [0.15, 0.2) is 25.3 Å². The van der Waals surface area contributed by atoms with E-state index in [0.717, 1.165) is 0 Å². The first-order valence-corrected chi connectivity index (χ1v) is 15.0. The molecule has 4 atom stereocenters. The first-order chi connectivity index (χ1) is 15.2. The van der Waals surface area contributed by atoms with Gasteiger partial charge in [-0.1, -0.05) is 39.8 Å². The highest BCUT2D eigenvalue weighted by Crippen LogP contribution is 2.64. The SMILES string of the molecule is C=CCN([C@@H](CC(C)C)C(=O)OC)[P@@](C)(=O)O[P@@](C)(=O)N(CC=C)[C@@H](CC(C)C)C(=O)OC. The lowest BCUT2D eigenvalue weighted by molar-refractivity contribution is -0.146. The Morgan fingerprint density at radius 3 is 1.30 bits per heavy atom. The van der Waals surface area contributed by atoms with Crippen LogP contribution in [0, 0.1) is 11.8 Å². The van der Waals surface area contributed by atoms with Crippen molar-refractivity contribution >= 4 is 27.0 Å². The van der Waals surface area contributed by atoms with Gasteiger partial charge in [-0.25, -0.2) is 13.7 Å². The van der Waals surface area contributed by atoms with Crippen LogP contribution in [0.1, 0.15) is 40.5 Å². The van der Waals surface area contributed by atoms with Crippen molar-refractivity contribution in [3.63, 3.8) is 0 Å². The molecule has 0 aromatic rings. The molecule has 0 amide bonds. The minimum Gasteiger partial charge on any atom is -0.468 e. The number of carbonyl (C=O) groups excluding carboxylic acids is 2. The van der Waals surface area contributed by atoms with Gasteiger partial charge in [-0.15, -0.1) is 13.2 Å². The van der Waals surface area contributed by atoms with E-state index in [1.54, 1.807) is 0 Å². The van der Waals surface area contributed by atoms with Gasteiger partial charge in [0.2, 0.25) is 0 Å². The lowest BCUT2D eigenvalue weighted by Gasteiger charge is -2.39. The van der Waals surface area contributed by atoms with Crippen LogP contribution < -0.4 is 0 Å². The highest BCUT2D eigenvalue weighted by atomic mass is 31.2. The van der Waals surface area contributed by atoms with E-state index in [4.69, 9.17) is 13.8 Å². The molecule has 33 heavy (non-hydrogen) atoms. The lowest BCUT2D eigenvalue weighted by atomic mass is 10.0. The fraction of sp³-hybridized carbons (Fsp3) is 0.727. The average Bonchev–Trinajstić information content (AvgIpc) is 2.70. The number of rotatable bonds is 16. The second-order valence-corrected chi connectivity index (χ2v) is 13.7. The van der Waals surface area contributed by atoms with Gasteiger partial charge in [0.15, 0.2) is 0 Å². The predicted octanol–water partition coefficient (Wildman–Crippen LogP) is 4.80. The quantitative estimate of drug-likeness (QED) is 0.165. The van der Waals surface area contributed by atoms with Gasteiger partial charge < -0.3 is 9.47 Å². The first-order valence-electron chi connectivity index (χ1n) is 11.0. The molecule has 0 radical (unpaired) electrons. The molecule has 0 heterocycles. The maximum Gasteiger partial charge on any atom is 0.323 e. The number of carbonyl (C=O) groups is 2. The second-order valence-electron chi connectivity index (χ2n) is 8.85. The van der Waals surface area contributed by atoms with Crippen molar-refractivity contribution < 1.29 is 32.5 Å². The molecule has 0 unspecified atom stereocenters. The summed E-state index contributed by atoms with van der Waals surface area (Å²) in [6.07, 6.45) is 3.69. The summed E-state index contributed by atoms with van der Waals surface area (Å²) in [5.74, 6) is -0.974. The third-order valence-electron chi connectivity index (χ3n) is 4.92. The number of methoxy groups -OCH3 is 2. The summed E-state index contributed by atoms with van der Waals surface area (Å²) in [7, 11) is -5.17. The zero-order valence-electron chi connectivity index (χ0n) is 21.4. The molecule has 9 nitrogen and oxygen atoms in total. The predicted molar refractivity (Wildman–Crippen MR) is 132 cm³/mol. The number of nitrogens with zero attached hydrogens (tertiary/aromatic N) is 2. The Bertz CT molecular complexity index is 708. The molecule has 0 N–H and O–H groups in total. The molecule has 0 saturated carbocycles. The first kappa shape index (κ1) is 31.8. The summed E-state index contributed by atoms with van der Waals surface area (Å²) in [6.45, 7) is 17.8. The van der Waals surface area contributed by atoms with Crippen LogP contribution in [0.2, 0.25) is 0 Å². The van der Waals surface area contributed by atoms with Crippen molar-refractivity contribution in [2.24, 2.45) is 11.8 Å². The van der Waals surface area contributed by atoms with Crippen molar-refractivity contribution in [2.45, 2.75) is 52.6 Å². The summed E-state index contributed by atoms with van der Waals surface area (Å²) in [5, 5.41) is 0. The Balaban J connectivity index is 6.34. The number of hydrogen-bond donors (Lipinski definition) is 0. The Labute approximate surface area is 199 Å². The van der Waals surface area contributed by atoms with Gasteiger partial charge in [-0.3, -0.25) is 18.7 Å². The minimum atomic E-state index is -3.84. The standard InChI is InChI=1S/C22H42N2O7P2/c1-11-13-23(19(15-17(3)4)21(25)29-7)32(9,27)31-33(10,28)24(14-12-2)20(16-18(5)6)22(26)30-8/h11-12,17-20H,1-2,13-16H2,3-10H3/t19-,20-,32-,33+/m0/s1. The zero-order chi connectivity index (χ0) is 26.0. The van der Waals surface area contributed by atoms with Crippen molar-refractivity contribution in [2.75, 3.05) is 40.6 Å². The fourth-order valence-electron chi connectivity index (χ4n) is 3.54. The highest BCUT2D eigenvalue weighted by molar-refractivity contribution is 7.69. The summed E-state index contributed by atoms with van der Waals surface area (Å²) < 4.78 is 46.1. The minimum absolute atomic E-state index is 0.0497. The van der Waals surface area contributed by atoms with Crippen LogP contribution in [0.5, 0.6) is 0 Å². The molecule has 0 aromatic heterocycles. The number of ether oxygens (including phenoxy) is 2. The van der Waals surface area contributed by atoms with Crippen LogP contribution in [0.3, 0.4) is 0 Å². The summed E-state index contributed by atoms with van der Waals surface area (Å²) in [6, 6.07) is -1.77. The van der Waals surface area contributed by atoms with E-state index < -0.39 is 39.1 Å². The van der Waals surface area contributed by atoms with E-state index in [1.807, 2.05) is 27.7 Å². The Morgan fingerprint density at radius 1 is 0.788 bits per heavy atom. The molecule has 0 spiro atoms. The largest absolute Gasteiger partial charge is 0.468 e. The van der Waals surface area contributed by atoms with Crippen LogP contribution in [-0.2, 0) is 32.5 Å². The van der Waals surface area contributed by atoms with Gasteiger partial charge in [0.25, 0.3) is 15.0 Å². The van der Waals surface area contributed by atoms with Crippen molar-refractivity contribution in [1.29, 1.82) is 0 Å². The van der Waals surface area contributed by atoms with Crippen molar-refractivity contribution in [1.82, 2.24) is 9.34 Å². The molecule has 0 rings (SSSR count). The third kappa shape index (κ3) is 9.87. The topological polar surface area (TPSA) is 102 Å². The van der Waals surface area contributed by atoms with E-state index in [-0.39, 0.29) is 24.9 Å². The van der Waals surface area contributed by atoms with Gasteiger partial charge in [0.1, 0.15) is 12.1 Å². The van der Waals surface area contributed by atoms with E-state index in [1.165, 1.54) is 49.0 Å². The normalized spacial score (nSPS) is 17.3. The molecule has 192 valence electrons. The highest BCUT2D eigenvalue weighted by Gasteiger charge is 2.45.